The molecule has 8 heteroatoms. The lowest BCUT2D eigenvalue weighted by Gasteiger charge is -2.07. The van der Waals surface area contributed by atoms with Crippen LogP contribution in [0.2, 0.25) is 0 Å². The number of nitrogens with one attached hydrogen (secondary N) is 1. The van der Waals surface area contributed by atoms with Crippen molar-refractivity contribution >= 4 is 28.7 Å². The van der Waals surface area contributed by atoms with Gasteiger partial charge in [-0.05, 0) is 43.4 Å². The molecule has 1 aliphatic carbocycles. The molecule has 0 aliphatic heterocycles. The Morgan fingerprint density at radius 1 is 1.48 bits per heavy atom. The molecule has 0 radical (unpaired) electrons. The van der Waals surface area contributed by atoms with Gasteiger partial charge in [0.15, 0.2) is 0 Å². The Balaban J connectivity index is 1.55. The van der Waals surface area contributed by atoms with Crippen molar-refractivity contribution in [2.24, 2.45) is 11.0 Å². The summed E-state index contributed by atoms with van der Waals surface area (Å²) in [5, 5.41) is 6.52. The number of rotatable bonds is 10. The van der Waals surface area contributed by atoms with Crippen LogP contribution in [0.1, 0.15) is 36.6 Å². The normalized spacial score (nSPS) is 13.9. The van der Waals surface area contributed by atoms with Gasteiger partial charge in [-0.1, -0.05) is 6.07 Å². The molecule has 0 atom stereocenters. The molecule has 27 heavy (non-hydrogen) atoms. The first-order chi connectivity index (χ1) is 13.1. The molecule has 3 rings (SSSR count). The molecule has 0 amide bonds. The van der Waals surface area contributed by atoms with E-state index < -0.39 is 0 Å². The molecule has 0 bridgehead atoms. The number of halogens is 1. The molecule has 144 valence electrons. The molecule has 2 aromatic rings. The summed E-state index contributed by atoms with van der Waals surface area (Å²) in [5.74, 6) is 0.0553. The molecular formula is C19H22FN3O3S. The van der Waals surface area contributed by atoms with E-state index in [9.17, 15) is 9.18 Å². The molecule has 1 saturated carbocycles. The molecule has 1 aromatic heterocycles. The van der Waals surface area contributed by atoms with Crippen LogP contribution in [0.5, 0.6) is 0 Å². The van der Waals surface area contributed by atoms with Gasteiger partial charge >= 0.3 is 5.97 Å². The van der Waals surface area contributed by atoms with Crippen LogP contribution in [-0.2, 0) is 27.3 Å². The third kappa shape index (κ3) is 6.41. The second-order valence-corrected chi connectivity index (χ2v) is 7.16. The number of anilines is 1. The maximum Gasteiger partial charge on any atom is 0.311 e. The number of benzene rings is 1. The predicted molar refractivity (Wildman–Crippen MR) is 102 cm³/mol. The first-order valence-corrected chi connectivity index (χ1v) is 9.77. The highest BCUT2D eigenvalue weighted by Crippen LogP contribution is 2.29. The van der Waals surface area contributed by atoms with Gasteiger partial charge in [0.05, 0.1) is 31.5 Å². The zero-order valence-corrected chi connectivity index (χ0v) is 15.9. The number of esters is 1. The molecule has 1 N–H and O–H groups in total. The van der Waals surface area contributed by atoms with E-state index in [1.54, 1.807) is 24.6 Å². The number of carbonyl (C=O) groups excluding carboxylic acids is 1. The first kappa shape index (κ1) is 19.4. The van der Waals surface area contributed by atoms with E-state index >= 15 is 0 Å². The van der Waals surface area contributed by atoms with Crippen LogP contribution in [0.25, 0.3) is 0 Å². The zero-order valence-electron chi connectivity index (χ0n) is 15.1. The smallest absolute Gasteiger partial charge is 0.311 e. The summed E-state index contributed by atoms with van der Waals surface area (Å²) in [6, 6.07) is 4.53. The molecular weight excluding hydrogens is 369 g/mol. The van der Waals surface area contributed by atoms with E-state index in [-0.39, 0.29) is 18.2 Å². The van der Waals surface area contributed by atoms with Gasteiger partial charge in [0.1, 0.15) is 5.82 Å². The molecule has 1 aliphatic rings. The van der Waals surface area contributed by atoms with Crippen LogP contribution in [0, 0.1) is 11.7 Å². The Kier molecular flexibility index (Phi) is 6.89. The van der Waals surface area contributed by atoms with Crippen molar-refractivity contribution in [1.82, 2.24) is 4.98 Å². The highest BCUT2D eigenvalue weighted by molar-refractivity contribution is 7.13. The number of ether oxygens (including phenoxy) is 2. The zero-order chi connectivity index (χ0) is 19.1. The summed E-state index contributed by atoms with van der Waals surface area (Å²) >= 11 is 1.35. The minimum Gasteiger partial charge on any atom is -0.466 e. The second-order valence-electron chi connectivity index (χ2n) is 6.30. The fourth-order valence-corrected chi connectivity index (χ4v) is 3.06. The van der Waals surface area contributed by atoms with Crippen molar-refractivity contribution in [3.05, 3.63) is 46.2 Å². The van der Waals surface area contributed by atoms with Crippen molar-refractivity contribution < 1.29 is 18.7 Å². The number of hydrazone groups is 1. The van der Waals surface area contributed by atoms with E-state index in [2.05, 4.69) is 15.5 Å². The maximum absolute atomic E-state index is 13.5. The summed E-state index contributed by atoms with van der Waals surface area (Å²) in [7, 11) is 0. The lowest BCUT2D eigenvalue weighted by Crippen LogP contribution is -2.07. The second kappa shape index (κ2) is 9.57. The molecule has 6 nitrogen and oxygen atoms in total. The van der Waals surface area contributed by atoms with Gasteiger partial charge in [0.25, 0.3) is 0 Å². The van der Waals surface area contributed by atoms with E-state index in [1.807, 2.05) is 0 Å². The number of hydrogen-bond donors (Lipinski definition) is 1. The monoisotopic (exact) mass is 391 g/mol. The SMILES string of the molecule is CCOC(=O)Cc1csc(NN=Cc2ccc(F)cc2COCC2CC2)n1. The van der Waals surface area contributed by atoms with Crippen LogP contribution in [-0.4, -0.2) is 30.4 Å². The minimum absolute atomic E-state index is 0.135. The van der Waals surface area contributed by atoms with Crippen LogP contribution in [0.4, 0.5) is 9.52 Å². The molecule has 0 unspecified atom stereocenters. The van der Waals surface area contributed by atoms with E-state index in [0.717, 1.165) is 11.1 Å². The molecule has 1 heterocycles. The highest BCUT2D eigenvalue weighted by atomic mass is 32.1. The topological polar surface area (TPSA) is 72.8 Å². The third-order valence-electron chi connectivity index (χ3n) is 3.96. The fourth-order valence-electron chi connectivity index (χ4n) is 2.40. The van der Waals surface area contributed by atoms with Crippen molar-refractivity contribution in [2.45, 2.75) is 32.8 Å². The van der Waals surface area contributed by atoms with Crippen molar-refractivity contribution in [1.29, 1.82) is 0 Å². The van der Waals surface area contributed by atoms with Crippen molar-refractivity contribution in [2.75, 3.05) is 18.6 Å². The summed E-state index contributed by atoms with van der Waals surface area (Å²) in [4.78, 5) is 15.8. The van der Waals surface area contributed by atoms with Gasteiger partial charge in [-0.25, -0.2) is 9.37 Å². The number of hydrogen-bond acceptors (Lipinski definition) is 7. The standard InChI is InChI=1S/C19H22FN3O3S/c1-2-26-18(24)8-17-12-27-19(22-17)23-21-9-14-5-6-16(20)7-15(14)11-25-10-13-3-4-13/h5-7,9,12-13H,2-4,8,10-11H2,1H3,(H,22,23). The van der Waals surface area contributed by atoms with Crippen LogP contribution < -0.4 is 5.43 Å². The number of carbonyl (C=O) groups is 1. The summed E-state index contributed by atoms with van der Waals surface area (Å²) in [6.07, 6.45) is 4.18. The van der Waals surface area contributed by atoms with Crippen LogP contribution in [0.15, 0.2) is 28.7 Å². The first-order valence-electron chi connectivity index (χ1n) is 8.89. The Bertz CT molecular complexity index is 805. The Morgan fingerprint density at radius 3 is 3.11 bits per heavy atom. The molecule has 1 aromatic carbocycles. The predicted octanol–water partition coefficient (Wildman–Crippen LogP) is 3.76. The minimum atomic E-state index is -0.306. The molecule has 1 fully saturated rings. The lowest BCUT2D eigenvalue weighted by molar-refractivity contribution is -0.142. The summed E-state index contributed by atoms with van der Waals surface area (Å²) in [6.45, 7) is 3.19. The number of thiazole rings is 1. The van der Waals surface area contributed by atoms with Crippen molar-refractivity contribution in [3.8, 4) is 0 Å². The van der Waals surface area contributed by atoms with Gasteiger partial charge in [0, 0.05) is 17.6 Å². The average molecular weight is 391 g/mol. The largest absolute Gasteiger partial charge is 0.466 e. The quantitative estimate of drug-likeness (QED) is 0.379. The third-order valence-corrected chi connectivity index (χ3v) is 4.76. The lowest BCUT2D eigenvalue weighted by atomic mass is 10.1. The average Bonchev–Trinajstić information content (AvgIpc) is 3.35. The van der Waals surface area contributed by atoms with Crippen molar-refractivity contribution in [3.63, 3.8) is 0 Å². The Morgan fingerprint density at radius 2 is 2.33 bits per heavy atom. The van der Waals surface area contributed by atoms with Gasteiger partial charge in [0.2, 0.25) is 5.13 Å². The molecule has 0 saturated heterocycles. The highest BCUT2D eigenvalue weighted by Gasteiger charge is 2.21. The Hall–Kier alpha value is -2.32. The van der Waals surface area contributed by atoms with Gasteiger partial charge in [-0.15, -0.1) is 11.3 Å². The van der Waals surface area contributed by atoms with Gasteiger partial charge in [-0.3, -0.25) is 10.2 Å². The molecule has 0 spiro atoms. The summed E-state index contributed by atoms with van der Waals surface area (Å²) in [5.41, 5.74) is 5.00. The van der Waals surface area contributed by atoms with E-state index in [0.29, 0.717) is 36.6 Å². The van der Waals surface area contributed by atoms with E-state index in [4.69, 9.17) is 9.47 Å². The van der Waals surface area contributed by atoms with Gasteiger partial charge in [-0.2, -0.15) is 5.10 Å². The summed E-state index contributed by atoms with van der Waals surface area (Å²) < 4.78 is 24.1. The van der Waals surface area contributed by atoms with E-state index in [1.165, 1.54) is 36.3 Å². The van der Waals surface area contributed by atoms with Crippen LogP contribution >= 0.6 is 11.3 Å². The van der Waals surface area contributed by atoms with Crippen LogP contribution in [0.3, 0.4) is 0 Å². The Labute approximate surface area is 161 Å². The number of nitrogens with zero attached hydrogens (tertiary/aromatic N) is 2. The fraction of sp³-hybridized carbons (Fsp3) is 0.421. The van der Waals surface area contributed by atoms with Gasteiger partial charge < -0.3 is 9.47 Å². The number of aromatic nitrogens is 1. The maximum atomic E-state index is 13.5.